The third-order valence-corrected chi connectivity index (χ3v) is 9.46. The first-order valence-electron chi connectivity index (χ1n) is 19.1. The van der Waals surface area contributed by atoms with Crippen LogP contribution in [-0.4, -0.2) is 68.5 Å². The van der Waals surface area contributed by atoms with Gasteiger partial charge in [0.2, 0.25) is 5.91 Å². The molecule has 0 aromatic rings. The number of aliphatic hydroxyl groups excluding tert-OH is 1. The van der Waals surface area contributed by atoms with Crippen LogP contribution < -0.4 is 10.2 Å². The standard InChI is InChI=1S/C37H75N2O6P/c1-6-8-10-12-14-16-18-20-22-24-26-28-30-36(40)35(34-45-46(42,43)44-33-32-39(3,4)5)38-37(41)31-29-27-25-23-21-19-17-15-13-11-9-7-2/h28,30,35-36,40H,6-27,29,31-34H2,1-5H3,(H-,38,41,42,43)/b30-28+. The van der Waals surface area contributed by atoms with Gasteiger partial charge in [-0.3, -0.25) is 9.36 Å². The predicted molar refractivity (Wildman–Crippen MR) is 192 cm³/mol. The average molecular weight is 675 g/mol. The van der Waals surface area contributed by atoms with Crippen molar-refractivity contribution < 1.29 is 32.9 Å². The highest BCUT2D eigenvalue weighted by atomic mass is 31.2. The van der Waals surface area contributed by atoms with Crippen molar-refractivity contribution in [3.05, 3.63) is 12.2 Å². The lowest BCUT2D eigenvalue weighted by molar-refractivity contribution is -0.870. The van der Waals surface area contributed by atoms with Crippen LogP contribution >= 0.6 is 7.82 Å². The molecule has 0 rings (SSSR count). The van der Waals surface area contributed by atoms with Crippen molar-refractivity contribution in [1.29, 1.82) is 0 Å². The quantitative estimate of drug-likeness (QED) is 0.0305. The highest BCUT2D eigenvalue weighted by molar-refractivity contribution is 7.45. The molecule has 46 heavy (non-hydrogen) atoms. The summed E-state index contributed by atoms with van der Waals surface area (Å²) in [6, 6.07) is -0.877. The molecule has 0 bridgehead atoms. The van der Waals surface area contributed by atoms with E-state index in [9.17, 15) is 19.4 Å². The maximum atomic E-state index is 12.7. The summed E-state index contributed by atoms with van der Waals surface area (Å²) in [5, 5.41) is 13.7. The molecule has 0 aliphatic heterocycles. The van der Waals surface area contributed by atoms with Crippen LogP contribution in [0.5, 0.6) is 0 Å². The molecule has 0 radical (unpaired) electrons. The zero-order chi connectivity index (χ0) is 34.4. The lowest BCUT2D eigenvalue weighted by Crippen LogP contribution is -2.45. The Hall–Kier alpha value is -0.760. The molecule has 0 aromatic heterocycles. The maximum absolute atomic E-state index is 12.7. The Morgan fingerprint density at radius 3 is 1.63 bits per heavy atom. The van der Waals surface area contributed by atoms with Crippen molar-refractivity contribution in [2.24, 2.45) is 0 Å². The first-order valence-corrected chi connectivity index (χ1v) is 20.5. The molecular formula is C37H75N2O6P. The number of carbonyl (C=O) groups excluding carboxylic acids is 1. The molecule has 0 fully saturated rings. The Labute approximate surface area is 284 Å². The number of likely N-dealkylation sites (N-methyl/N-ethyl adjacent to an activating group) is 1. The zero-order valence-electron chi connectivity index (χ0n) is 30.8. The van der Waals surface area contributed by atoms with Crippen LogP contribution in [-0.2, 0) is 18.4 Å². The van der Waals surface area contributed by atoms with E-state index < -0.39 is 20.0 Å². The second-order valence-electron chi connectivity index (χ2n) is 14.3. The van der Waals surface area contributed by atoms with E-state index in [1.807, 2.05) is 27.2 Å². The fourth-order valence-electron chi connectivity index (χ4n) is 5.39. The third kappa shape index (κ3) is 31.8. The Morgan fingerprint density at radius 1 is 0.739 bits per heavy atom. The van der Waals surface area contributed by atoms with E-state index in [1.54, 1.807) is 6.08 Å². The van der Waals surface area contributed by atoms with Crippen molar-refractivity contribution in [2.75, 3.05) is 40.9 Å². The first kappa shape index (κ1) is 45.2. The molecule has 0 saturated heterocycles. The molecule has 0 aliphatic rings. The van der Waals surface area contributed by atoms with Crippen molar-refractivity contribution >= 4 is 13.7 Å². The minimum atomic E-state index is -4.57. The molecule has 3 atom stereocenters. The Morgan fingerprint density at radius 2 is 1.17 bits per heavy atom. The summed E-state index contributed by atoms with van der Waals surface area (Å²) in [4.78, 5) is 25.1. The van der Waals surface area contributed by atoms with Crippen LogP contribution in [0.2, 0.25) is 0 Å². The number of allylic oxidation sites excluding steroid dienone is 1. The minimum absolute atomic E-state index is 0.00156. The van der Waals surface area contributed by atoms with Crippen LogP contribution in [0.1, 0.15) is 168 Å². The summed E-state index contributed by atoms with van der Waals surface area (Å²) < 4.78 is 23.1. The molecule has 0 aromatic carbocycles. The average Bonchev–Trinajstić information content (AvgIpc) is 2.99. The smallest absolute Gasteiger partial charge is 0.268 e. The number of quaternary nitrogens is 1. The second kappa shape index (κ2) is 30.3. The van der Waals surface area contributed by atoms with Crippen LogP contribution in [0.15, 0.2) is 12.2 Å². The number of nitrogens with zero attached hydrogens (tertiary/aromatic N) is 1. The number of carbonyl (C=O) groups is 1. The largest absolute Gasteiger partial charge is 0.756 e. The topological polar surface area (TPSA) is 108 Å². The van der Waals surface area contributed by atoms with Gasteiger partial charge in [0.1, 0.15) is 13.2 Å². The van der Waals surface area contributed by atoms with Crippen LogP contribution in [0, 0.1) is 0 Å². The van der Waals surface area contributed by atoms with Crippen molar-refractivity contribution in [2.45, 2.75) is 180 Å². The van der Waals surface area contributed by atoms with E-state index in [0.29, 0.717) is 17.4 Å². The maximum Gasteiger partial charge on any atom is 0.268 e. The highest BCUT2D eigenvalue weighted by Gasteiger charge is 2.23. The molecule has 3 unspecified atom stereocenters. The number of hydrogen-bond acceptors (Lipinski definition) is 6. The number of nitrogens with one attached hydrogen (secondary N) is 1. The Balaban J connectivity index is 4.54. The second-order valence-corrected chi connectivity index (χ2v) is 15.7. The van der Waals surface area contributed by atoms with E-state index in [2.05, 4.69) is 19.2 Å². The predicted octanol–water partition coefficient (Wildman–Crippen LogP) is 9.00. The van der Waals surface area contributed by atoms with Crippen LogP contribution in [0.25, 0.3) is 0 Å². The van der Waals surface area contributed by atoms with Gasteiger partial charge < -0.3 is 28.8 Å². The van der Waals surface area contributed by atoms with Gasteiger partial charge >= 0.3 is 0 Å². The van der Waals surface area contributed by atoms with Gasteiger partial charge in [0.15, 0.2) is 0 Å². The van der Waals surface area contributed by atoms with E-state index in [-0.39, 0.29) is 19.1 Å². The number of unbranched alkanes of at least 4 members (excludes halogenated alkanes) is 21. The van der Waals surface area contributed by atoms with E-state index in [4.69, 9.17) is 9.05 Å². The van der Waals surface area contributed by atoms with Crippen LogP contribution in [0.3, 0.4) is 0 Å². The normalized spacial score (nSPS) is 14.8. The SMILES string of the molecule is CCCCCCCCCCCC/C=C/C(O)C(COP(=O)([O-])OCC[N+](C)(C)C)NC(=O)CCCCCCCCCCCCCC. The number of aliphatic hydroxyl groups is 1. The summed E-state index contributed by atoms with van der Waals surface area (Å²) >= 11 is 0. The van der Waals surface area contributed by atoms with Gasteiger partial charge in [0, 0.05) is 6.42 Å². The fraction of sp³-hybridized carbons (Fsp3) is 0.919. The number of phosphoric acid groups is 1. The number of amides is 1. The van der Waals surface area contributed by atoms with E-state index in [1.165, 1.54) is 109 Å². The van der Waals surface area contributed by atoms with Gasteiger partial charge in [-0.15, -0.1) is 0 Å². The van der Waals surface area contributed by atoms with E-state index >= 15 is 0 Å². The lowest BCUT2D eigenvalue weighted by Gasteiger charge is -2.29. The molecule has 0 heterocycles. The molecule has 0 spiro atoms. The van der Waals surface area contributed by atoms with Gasteiger partial charge in [0.05, 0.1) is 39.9 Å². The Bertz CT molecular complexity index is 773. The van der Waals surface area contributed by atoms with Crippen molar-refractivity contribution in [3.63, 3.8) is 0 Å². The van der Waals surface area contributed by atoms with Gasteiger partial charge in [-0.2, -0.15) is 0 Å². The zero-order valence-corrected chi connectivity index (χ0v) is 31.7. The lowest BCUT2D eigenvalue weighted by atomic mass is 10.0. The summed E-state index contributed by atoms with van der Waals surface area (Å²) in [5.74, 6) is -0.200. The summed E-state index contributed by atoms with van der Waals surface area (Å²) in [7, 11) is 1.26. The molecular weight excluding hydrogens is 599 g/mol. The molecule has 8 nitrogen and oxygen atoms in total. The number of rotatable bonds is 34. The molecule has 0 saturated carbocycles. The van der Waals surface area contributed by atoms with E-state index in [0.717, 1.165) is 38.5 Å². The number of hydrogen-bond donors (Lipinski definition) is 2. The fourth-order valence-corrected chi connectivity index (χ4v) is 6.11. The molecule has 0 aliphatic carbocycles. The molecule has 2 N–H and O–H groups in total. The highest BCUT2D eigenvalue weighted by Crippen LogP contribution is 2.38. The summed E-state index contributed by atoms with van der Waals surface area (Å²) in [6.45, 7) is 4.62. The molecule has 274 valence electrons. The summed E-state index contributed by atoms with van der Waals surface area (Å²) in [6.07, 6.45) is 31.0. The first-order chi connectivity index (χ1) is 22.0. The van der Waals surface area contributed by atoms with Crippen molar-refractivity contribution in [3.8, 4) is 0 Å². The van der Waals surface area contributed by atoms with Crippen LogP contribution in [0.4, 0.5) is 0 Å². The molecule has 1 amide bonds. The summed E-state index contributed by atoms with van der Waals surface area (Å²) in [5.41, 5.74) is 0. The monoisotopic (exact) mass is 675 g/mol. The minimum Gasteiger partial charge on any atom is -0.756 e. The number of phosphoric ester groups is 1. The van der Waals surface area contributed by atoms with Gasteiger partial charge in [-0.1, -0.05) is 154 Å². The van der Waals surface area contributed by atoms with Gasteiger partial charge in [-0.05, 0) is 19.3 Å². The van der Waals surface area contributed by atoms with Gasteiger partial charge in [-0.25, -0.2) is 0 Å². The Kier molecular flexibility index (Phi) is 29.8. The third-order valence-electron chi connectivity index (χ3n) is 8.50. The van der Waals surface area contributed by atoms with Gasteiger partial charge in [0.25, 0.3) is 7.82 Å². The van der Waals surface area contributed by atoms with Crippen molar-refractivity contribution in [1.82, 2.24) is 5.32 Å². The molecule has 9 heteroatoms.